The highest BCUT2D eigenvalue weighted by molar-refractivity contribution is 6.76. The number of ether oxygens (including phenoxy) is 1. The van der Waals surface area contributed by atoms with E-state index >= 15 is 0 Å². The third-order valence-corrected chi connectivity index (χ3v) is 7.16. The predicted octanol–water partition coefficient (Wildman–Crippen LogP) is 8.51. The maximum absolute atomic E-state index is 12.6. The lowest BCUT2D eigenvalue weighted by Gasteiger charge is -2.36. The quantitative estimate of drug-likeness (QED) is 0.196. The number of nitrogens with zero attached hydrogens (tertiary/aromatic N) is 2. The first kappa shape index (κ1) is 28.6. The number of carbonyl (C=O) groups is 1. The average Bonchev–Trinajstić information content (AvgIpc) is 3.27. The van der Waals surface area contributed by atoms with Crippen LogP contribution in [-0.2, 0) is 9.53 Å². The molecule has 0 fully saturated rings. The lowest BCUT2D eigenvalue weighted by molar-refractivity contribution is -0.137. The van der Waals surface area contributed by atoms with E-state index < -0.39 is 0 Å². The summed E-state index contributed by atoms with van der Waals surface area (Å²) in [6.07, 6.45) is 6.06. The molecule has 4 nitrogen and oxygen atoms in total. The van der Waals surface area contributed by atoms with Crippen molar-refractivity contribution in [2.24, 2.45) is 0 Å². The van der Waals surface area contributed by atoms with Gasteiger partial charge in [0, 0.05) is 29.9 Å². The molecule has 0 atom stereocenters. The number of para-hydroxylation sites is 2. The number of hydrogen-bond acceptors (Lipinski definition) is 4. The summed E-state index contributed by atoms with van der Waals surface area (Å²) in [6.45, 7) is 22.1. The maximum Gasteiger partial charge on any atom is 0.415 e. The van der Waals surface area contributed by atoms with Crippen LogP contribution in [0.4, 0.5) is 11.4 Å². The summed E-state index contributed by atoms with van der Waals surface area (Å²) in [5, 5.41) is 0. The van der Waals surface area contributed by atoms with E-state index in [1.54, 1.807) is 6.08 Å². The molecule has 198 valence electrons. The zero-order valence-electron chi connectivity index (χ0n) is 24.5. The molecule has 2 aromatic carbocycles. The summed E-state index contributed by atoms with van der Waals surface area (Å²) in [6, 6.07) is 13.3. The van der Waals surface area contributed by atoms with Gasteiger partial charge in [-0.25, -0.2) is 4.79 Å². The Bertz CT molecular complexity index is 1040. The van der Waals surface area contributed by atoms with Gasteiger partial charge in [-0.05, 0) is 65.2 Å². The van der Waals surface area contributed by atoms with E-state index in [1.165, 1.54) is 33.6 Å². The summed E-state index contributed by atoms with van der Waals surface area (Å²) in [5.74, 6) is 1.15. The van der Waals surface area contributed by atoms with Gasteiger partial charge < -0.3 is 14.4 Å². The molecular formula is C32H45BN2O2. The van der Waals surface area contributed by atoms with Gasteiger partial charge in [-0.2, -0.15) is 0 Å². The molecule has 0 radical (unpaired) electrons. The summed E-state index contributed by atoms with van der Waals surface area (Å²) in [5.41, 5.74) is 8.67. The van der Waals surface area contributed by atoms with Crippen LogP contribution in [0.1, 0.15) is 115 Å². The summed E-state index contributed by atoms with van der Waals surface area (Å²) in [4.78, 5) is 17.4. The Balaban J connectivity index is 2.31. The minimum absolute atomic E-state index is 0.181. The largest absolute Gasteiger partial charge is 0.463 e. The molecule has 0 aromatic heterocycles. The lowest BCUT2D eigenvalue weighted by atomic mass is 9.63. The van der Waals surface area contributed by atoms with Crippen molar-refractivity contribution in [2.75, 3.05) is 16.2 Å². The number of benzene rings is 2. The fraction of sp³-hybridized carbons (Fsp3) is 0.469. The Morgan fingerprint density at radius 2 is 1.11 bits per heavy atom. The second-order valence-electron chi connectivity index (χ2n) is 11.3. The predicted molar refractivity (Wildman–Crippen MR) is 159 cm³/mol. The Hall–Kier alpha value is -2.95. The van der Waals surface area contributed by atoms with E-state index in [0.717, 1.165) is 5.47 Å². The van der Waals surface area contributed by atoms with Crippen molar-refractivity contribution in [1.29, 1.82) is 0 Å². The molecule has 1 aliphatic rings. The van der Waals surface area contributed by atoms with Crippen LogP contribution in [-0.4, -0.2) is 19.6 Å². The molecule has 0 amide bonds. The minimum Gasteiger partial charge on any atom is -0.463 e. The SMILES string of the molecule is CCOC(=O)/C=C(/C)B1N(c2c(C(C)C)cccc2C(C)C)C=CN1c1c(C(C)C)cccc1C(C)C. The van der Waals surface area contributed by atoms with Crippen LogP contribution in [0.15, 0.2) is 60.3 Å². The standard InChI is InChI=1S/C32H45BN2O2/c1-11-37-30(36)20-25(10)33-34(31-26(21(2)3)14-12-15-27(31)22(4)5)18-19-35(33)32-28(23(6)7)16-13-17-29(32)24(8)9/h12-24H,11H2,1-10H3/b25-20-. The second kappa shape index (κ2) is 12.1. The molecule has 0 spiro atoms. The monoisotopic (exact) mass is 500 g/mol. The van der Waals surface area contributed by atoms with E-state index in [1.807, 2.05) is 6.92 Å². The second-order valence-corrected chi connectivity index (χ2v) is 11.3. The smallest absolute Gasteiger partial charge is 0.415 e. The number of hydrogen-bond donors (Lipinski definition) is 0. The first-order chi connectivity index (χ1) is 17.5. The van der Waals surface area contributed by atoms with Crippen molar-refractivity contribution in [2.45, 2.75) is 92.9 Å². The zero-order chi connectivity index (χ0) is 27.4. The molecule has 0 aliphatic carbocycles. The molecule has 0 bridgehead atoms. The number of anilines is 2. The van der Waals surface area contributed by atoms with Gasteiger partial charge in [0.05, 0.1) is 6.61 Å². The Kier molecular flexibility index (Phi) is 9.33. The topological polar surface area (TPSA) is 32.8 Å². The highest BCUT2D eigenvalue weighted by Crippen LogP contribution is 2.43. The number of allylic oxidation sites excluding steroid dienone is 1. The van der Waals surface area contributed by atoms with Gasteiger partial charge >= 0.3 is 13.0 Å². The van der Waals surface area contributed by atoms with Gasteiger partial charge in [0.25, 0.3) is 0 Å². The van der Waals surface area contributed by atoms with Gasteiger partial charge in [0.1, 0.15) is 0 Å². The molecule has 0 saturated heterocycles. The van der Waals surface area contributed by atoms with E-state index in [4.69, 9.17) is 4.74 Å². The lowest BCUT2D eigenvalue weighted by Crippen LogP contribution is -2.47. The molecular weight excluding hydrogens is 455 g/mol. The number of carbonyl (C=O) groups excluding carboxylic acids is 1. The fourth-order valence-electron chi connectivity index (χ4n) is 5.34. The van der Waals surface area contributed by atoms with Crippen molar-refractivity contribution in [1.82, 2.24) is 0 Å². The Morgan fingerprint density at radius 3 is 1.41 bits per heavy atom. The molecule has 37 heavy (non-hydrogen) atoms. The van der Waals surface area contributed by atoms with Gasteiger partial charge in [-0.3, -0.25) is 0 Å². The van der Waals surface area contributed by atoms with E-state index in [0.29, 0.717) is 30.3 Å². The third-order valence-electron chi connectivity index (χ3n) is 7.16. The van der Waals surface area contributed by atoms with Crippen molar-refractivity contribution in [3.63, 3.8) is 0 Å². The Morgan fingerprint density at radius 1 is 0.757 bits per heavy atom. The fourth-order valence-corrected chi connectivity index (χ4v) is 5.34. The third kappa shape index (κ3) is 5.97. The van der Waals surface area contributed by atoms with Crippen LogP contribution in [0.3, 0.4) is 0 Å². The minimum atomic E-state index is -0.297. The molecule has 2 aromatic rings. The maximum atomic E-state index is 12.6. The van der Waals surface area contributed by atoms with Gasteiger partial charge in [0.2, 0.25) is 0 Å². The van der Waals surface area contributed by atoms with Crippen molar-refractivity contribution >= 4 is 24.3 Å². The van der Waals surface area contributed by atoms with E-state index in [9.17, 15) is 4.79 Å². The van der Waals surface area contributed by atoms with Gasteiger partial charge in [-0.15, -0.1) is 0 Å². The first-order valence-corrected chi connectivity index (χ1v) is 13.8. The molecule has 3 rings (SSSR count). The highest BCUT2D eigenvalue weighted by atomic mass is 16.5. The molecule has 5 heteroatoms. The van der Waals surface area contributed by atoms with Crippen LogP contribution in [0.25, 0.3) is 0 Å². The zero-order valence-corrected chi connectivity index (χ0v) is 24.5. The average molecular weight is 501 g/mol. The molecule has 0 N–H and O–H groups in total. The van der Waals surface area contributed by atoms with Crippen LogP contribution < -0.4 is 9.62 Å². The normalized spacial score (nSPS) is 14.2. The van der Waals surface area contributed by atoms with Gasteiger partial charge in [0.15, 0.2) is 0 Å². The van der Waals surface area contributed by atoms with Crippen molar-refractivity contribution < 1.29 is 9.53 Å². The highest BCUT2D eigenvalue weighted by Gasteiger charge is 2.40. The van der Waals surface area contributed by atoms with Crippen LogP contribution in [0.2, 0.25) is 0 Å². The molecule has 1 aliphatic heterocycles. The summed E-state index contributed by atoms with van der Waals surface area (Å²) < 4.78 is 5.33. The van der Waals surface area contributed by atoms with E-state index in [2.05, 4.69) is 121 Å². The Labute approximate surface area is 225 Å². The van der Waals surface area contributed by atoms with Gasteiger partial charge in [-0.1, -0.05) is 91.8 Å². The molecule has 0 unspecified atom stereocenters. The number of esters is 1. The van der Waals surface area contributed by atoms with E-state index in [-0.39, 0.29) is 13.0 Å². The number of rotatable bonds is 9. The van der Waals surface area contributed by atoms with Crippen LogP contribution in [0.5, 0.6) is 0 Å². The van der Waals surface area contributed by atoms with Crippen molar-refractivity contribution in [3.05, 3.63) is 82.6 Å². The van der Waals surface area contributed by atoms with Crippen LogP contribution in [0, 0.1) is 0 Å². The summed E-state index contributed by atoms with van der Waals surface area (Å²) in [7, 11) is 0. The van der Waals surface area contributed by atoms with Crippen molar-refractivity contribution in [3.8, 4) is 0 Å². The molecule has 0 saturated carbocycles. The molecule has 1 heterocycles. The first-order valence-electron chi connectivity index (χ1n) is 13.8. The van der Waals surface area contributed by atoms with Crippen LogP contribution >= 0.6 is 0 Å². The summed E-state index contributed by atoms with van der Waals surface area (Å²) >= 11 is 0.